The van der Waals surface area contributed by atoms with E-state index in [9.17, 15) is 0 Å². The first-order chi connectivity index (χ1) is 5.92. The maximum atomic E-state index is 8.91. The largest absolute Gasteiger partial charge is 0.307 e. The summed E-state index contributed by atoms with van der Waals surface area (Å²) >= 11 is 0. The van der Waals surface area contributed by atoms with Gasteiger partial charge < -0.3 is 4.90 Å². The molecule has 1 aliphatic carbocycles. The lowest BCUT2D eigenvalue weighted by Gasteiger charge is -2.41. The molecule has 0 radical (unpaired) electrons. The summed E-state index contributed by atoms with van der Waals surface area (Å²) in [5, 5.41) is 8.91. The quantitative estimate of drug-likeness (QED) is 0.513. The van der Waals surface area contributed by atoms with E-state index in [0.717, 1.165) is 12.5 Å². The third-order valence-corrected chi connectivity index (χ3v) is 3.37. The van der Waals surface area contributed by atoms with E-state index in [1.54, 1.807) is 0 Å². The van der Waals surface area contributed by atoms with Gasteiger partial charge in [0.25, 0.3) is 0 Å². The fourth-order valence-corrected chi connectivity index (χ4v) is 2.75. The molecule has 2 fully saturated rings. The predicted octanol–water partition coefficient (Wildman–Crippen LogP) is 2.12. The average Bonchev–Trinajstić information content (AvgIpc) is 2.17. The highest BCUT2D eigenvalue weighted by molar-refractivity contribution is 4.92. The third kappa shape index (κ3) is 1.29. The topological polar surface area (TPSA) is 27.0 Å². The number of nitrogens with zero attached hydrogens (tertiary/aromatic N) is 2. The molecule has 2 aliphatic rings. The summed E-state index contributed by atoms with van der Waals surface area (Å²) in [4.78, 5) is 2.02. The Morgan fingerprint density at radius 3 is 2.67 bits per heavy atom. The fraction of sp³-hybridized carbons (Fsp3) is 0.900. The molecule has 2 atom stereocenters. The Morgan fingerprint density at radius 1 is 1.08 bits per heavy atom. The summed E-state index contributed by atoms with van der Waals surface area (Å²) in [5.41, 5.74) is 0. The number of likely N-dealkylation sites (tertiary alicyclic amines) is 1. The minimum atomic E-state index is 0.609. The van der Waals surface area contributed by atoms with Gasteiger partial charge in [-0.2, -0.15) is 5.26 Å². The molecule has 0 aromatic rings. The van der Waals surface area contributed by atoms with Crippen molar-refractivity contribution in [2.24, 2.45) is 5.92 Å². The molecule has 0 aromatic heterocycles. The van der Waals surface area contributed by atoms with Gasteiger partial charge in [0.2, 0.25) is 0 Å². The number of nitriles is 1. The second-order valence-electron chi connectivity index (χ2n) is 4.05. The molecule has 1 heterocycles. The molecule has 2 nitrogen and oxygen atoms in total. The second-order valence-corrected chi connectivity index (χ2v) is 4.05. The maximum Gasteiger partial charge on any atom is 0.179 e. The number of hydrogen-bond acceptors (Lipinski definition) is 2. The minimum Gasteiger partial charge on any atom is -0.307 e. The van der Waals surface area contributed by atoms with Gasteiger partial charge in [0.15, 0.2) is 6.19 Å². The van der Waals surface area contributed by atoms with Gasteiger partial charge in [0.05, 0.1) is 0 Å². The lowest BCUT2D eigenvalue weighted by atomic mass is 9.78. The van der Waals surface area contributed by atoms with Gasteiger partial charge >= 0.3 is 0 Å². The average molecular weight is 164 g/mol. The Morgan fingerprint density at radius 2 is 1.83 bits per heavy atom. The highest BCUT2D eigenvalue weighted by Crippen LogP contribution is 2.34. The molecule has 0 aromatic carbocycles. The van der Waals surface area contributed by atoms with Crippen molar-refractivity contribution in [3.63, 3.8) is 0 Å². The van der Waals surface area contributed by atoms with Crippen molar-refractivity contribution < 1.29 is 0 Å². The zero-order valence-corrected chi connectivity index (χ0v) is 7.50. The Kier molecular flexibility index (Phi) is 2.21. The molecule has 0 bridgehead atoms. The van der Waals surface area contributed by atoms with E-state index in [2.05, 4.69) is 6.19 Å². The first kappa shape index (κ1) is 7.91. The van der Waals surface area contributed by atoms with Crippen molar-refractivity contribution in [1.82, 2.24) is 4.90 Å². The standard InChI is InChI=1S/C10H16N2/c11-8-12-7-3-5-9-4-1-2-6-10(9)12/h9-10H,1-7H2. The molecule has 2 unspecified atom stereocenters. The van der Waals surface area contributed by atoms with Gasteiger partial charge in [-0.05, 0) is 31.6 Å². The molecule has 1 aliphatic heterocycles. The SMILES string of the molecule is N#CN1CCCC2CCCCC21. The molecular weight excluding hydrogens is 148 g/mol. The van der Waals surface area contributed by atoms with Crippen LogP contribution in [0.15, 0.2) is 0 Å². The molecule has 0 amide bonds. The van der Waals surface area contributed by atoms with Crippen LogP contribution in [0.25, 0.3) is 0 Å². The lowest BCUT2D eigenvalue weighted by Crippen LogP contribution is -2.43. The van der Waals surface area contributed by atoms with Crippen molar-refractivity contribution in [3.8, 4) is 6.19 Å². The summed E-state index contributed by atoms with van der Waals surface area (Å²) in [6, 6.07) is 0.609. The summed E-state index contributed by atoms with van der Waals surface area (Å²) in [6.07, 6.45) is 10.3. The Hall–Kier alpha value is -0.710. The Bertz CT molecular complexity index is 193. The van der Waals surface area contributed by atoms with Gasteiger partial charge in [0, 0.05) is 12.6 Å². The molecule has 66 valence electrons. The first-order valence-corrected chi connectivity index (χ1v) is 5.08. The zero-order valence-electron chi connectivity index (χ0n) is 7.50. The number of piperidine rings is 1. The summed E-state index contributed by atoms with van der Waals surface area (Å²) < 4.78 is 0. The van der Waals surface area contributed by atoms with Crippen molar-refractivity contribution in [3.05, 3.63) is 0 Å². The summed E-state index contributed by atoms with van der Waals surface area (Å²) in [5.74, 6) is 0.840. The molecule has 0 spiro atoms. The van der Waals surface area contributed by atoms with Gasteiger partial charge in [-0.1, -0.05) is 12.8 Å². The molecule has 1 saturated heterocycles. The van der Waals surface area contributed by atoms with E-state index in [4.69, 9.17) is 5.26 Å². The highest BCUT2D eigenvalue weighted by atomic mass is 15.2. The summed E-state index contributed by atoms with van der Waals surface area (Å²) in [7, 11) is 0. The van der Waals surface area contributed by atoms with Crippen molar-refractivity contribution >= 4 is 0 Å². The van der Waals surface area contributed by atoms with E-state index in [-0.39, 0.29) is 0 Å². The molecule has 0 N–H and O–H groups in total. The Labute approximate surface area is 74.2 Å². The number of fused-ring (bicyclic) bond motifs is 1. The predicted molar refractivity (Wildman–Crippen MR) is 47.3 cm³/mol. The van der Waals surface area contributed by atoms with Crippen LogP contribution in [0.4, 0.5) is 0 Å². The smallest absolute Gasteiger partial charge is 0.179 e. The van der Waals surface area contributed by atoms with E-state index in [1.807, 2.05) is 4.90 Å². The highest BCUT2D eigenvalue weighted by Gasteiger charge is 2.32. The van der Waals surface area contributed by atoms with Crippen LogP contribution in [0.3, 0.4) is 0 Å². The number of hydrogen-bond donors (Lipinski definition) is 0. The van der Waals surface area contributed by atoms with Crippen LogP contribution in [0.1, 0.15) is 38.5 Å². The van der Waals surface area contributed by atoms with E-state index in [1.165, 1.54) is 38.5 Å². The van der Waals surface area contributed by atoms with Crippen LogP contribution in [0, 0.1) is 17.4 Å². The molecular formula is C10H16N2. The van der Waals surface area contributed by atoms with Crippen LogP contribution >= 0.6 is 0 Å². The molecule has 2 heteroatoms. The van der Waals surface area contributed by atoms with Crippen LogP contribution in [0.2, 0.25) is 0 Å². The molecule has 2 rings (SSSR count). The van der Waals surface area contributed by atoms with Crippen molar-refractivity contribution in [2.45, 2.75) is 44.6 Å². The lowest BCUT2D eigenvalue weighted by molar-refractivity contribution is 0.109. The van der Waals surface area contributed by atoms with Gasteiger partial charge in [-0.15, -0.1) is 0 Å². The third-order valence-electron chi connectivity index (χ3n) is 3.37. The first-order valence-electron chi connectivity index (χ1n) is 5.08. The molecule has 12 heavy (non-hydrogen) atoms. The van der Waals surface area contributed by atoms with Crippen molar-refractivity contribution in [2.75, 3.05) is 6.54 Å². The monoisotopic (exact) mass is 164 g/mol. The normalized spacial score (nSPS) is 35.4. The van der Waals surface area contributed by atoms with E-state index >= 15 is 0 Å². The van der Waals surface area contributed by atoms with Crippen molar-refractivity contribution in [1.29, 1.82) is 5.26 Å². The van der Waals surface area contributed by atoms with Crippen LogP contribution in [0.5, 0.6) is 0 Å². The van der Waals surface area contributed by atoms with Crippen LogP contribution < -0.4 is 0 Å². The Balaban J connectivity index is 2.05. The number of rotatable bonds is 0. The zero-order chi connectivity index (χ0) is 8.39. The van der Waals surface area contributed by atoms with E-state index < -0.39 is 0 Å². The maximum absolute atomic E-state index is 8.91. The van der Waals surface area contributed by atoms with Gasteiger partial charge in [-0.25, -0.2) is 0 Å². The van der Waals surface area contributed by atoms with Gasteiger partial charge in [-0.3, -0.25) is 0 Å². The van der Waals surface area contributed by atoms with Crippen LogP contribution in [-0.2, 0) is 0 Å². The molecule has 1 saturated carbocycles. The van der Waals surface area contributed by atoms with E-state index in [0.29, 0.717) is 6.04 Å². The fourth-order valence-electron chi connectivity index (χ4n) is 2.75. The van der Waals surface area contributed by atoms with Gasteiger partial charge in [0.1, 0.15) is 0 Å². The van der Waals surface area contributed by atoms with Crippen LogP contribution in [-0.4, -0.2) is 17.5 Å². The summed E-state index contributed by atoms with van der Waals surface area (Å²) in [6.45, 7) is 1.01. The second kappa shape index (κ2) is 3.35. The minimum absolute atomic E-state index is 0.609.